The van der Waals surface area contributed by atoms with E-state index in [0.29, 0.717) is 11.7 Å². The highest BCUT2D eigenvalue weighted by molar-refractivity contribution is 5.51. The monoisotopic (exact) mass is 423 g/mol. The predicted octanol–water partition coefficient (Wildman–Crippen LogP) is 1.27. The molecule has 3 rings (SSSR count). The topological polar surface area (TPSA) is 100 Å². The molecule has 1 aromatic rings. The van der Waals surface area contributed by atoms with Crippen LogP contribution in [0.15, 0.2) is 18.2 Å². The number of nitrogens with two attached hydrogens (primary N) is 3. The Balaban J connectivity index is 1.97. The third-order valence-electron chi connectivity index (χ3n) is 6.35. The number of ether oxygens (including phenoxy) is 1. The minimum atomic E-state index is -0.607. The van der Waals surface area contributed by atoms with Gasteiger partial charge < -0.3 is 15.4 Å². The molecule has 9 heteroatoms. The van der Waals surface area contributed by atoms with E-state index < -0.39 is 24.7 Å². The molecule has 6 N–H and O–H groups in total. The average molecular weight is 424 g/mol. The highest BCUT2D eigenvalue weighted by Gasteiger charge is 2.47. The molecule has 0 amide bonds. The van der Waals surface area contributed by atoms with Crippen molar-refractivity contribution >= 4 is 5.69 Å². The molecule has 2 heterocycles. The Hall–Kier alpha value is -1.49. The smallest absolute Gasteiger partial charge is 0.167 e. The molecular weight excluding hydrogens is 385 g/mol. The fourth-order valence-corrected chi connectivity index (χ4v) is 4.82. The Morgan fingerprint density at radius 2 is 1.83 bits per heavy atom. The second kappa shape index (κ2) is 8.94. The Morgan fingerprint density at radius 1 is 1.13 bits per heavy atom. The lowest BCUT2D eigenvalue weighted by Gasteiger charge is -2.59. The number of benzene rings is 1. The summed E-state index contributed by atoms with van der Waals surface area (Å²) in [7, 11) is 1.44. The maximum absolute atomic E-state index is 14.5. The van der Waals surface area contributed by atoms with Crippen molar-refractivity contribution in [1.29, 1.82) is 0 Å². The number of methoxy groups -OCH3 is 1. The lowest BCUT2D eigenvalue weighted by atomic mass is 10.0. The van der Waals surface area contributed by atoms with Crippen LogP contribution in [0.4, 0.5) is 10.1 Å². The van der Waals surface area contributed by atoms with Gasteiger partial charge in [0.25, 0.3) is 0 Å². The third-order valence-corrected chi connectivity index (χ3v) is 6.35. The molecule has 30 heavy (non-hydrogen) atoms. The average Bonchev–Trinajstić information content (AvgIpc) is 3.11. The summed E-state index contributed by atoms with van der Waals surface area (Å²) in [4.78, 5) is 8.41. The van der Waals surface area contributed by atoms with Gasteiger partial charge in [-0.1, -0.05) is 6.92 Å². The van der Waals surface area contributed by atoms with Gasteiger partial charge in [0.1, 0.15) is 18.9 Å². The van der Waals surface area contributed by atoms with Crippen molar-refractivity contribution in [3.63, 3.8) is 0 Å². The molecule has 0 bridgehead atoms. The lowest BCUT2D eigenvalue weighted by Crippen LogP contribution is -2.81. The molecule has 0 aromatic heterocycles. The zero-order chi connectivity index (χ0) is 22.2. The van der Waals surface area contributed by atoms with Crippen LogP contribution in [-0.4, -0.2) is 71.9 Å². The van der Waals surface area contributed by atoms with Crippen LogP contribution in [0.5, 0.6) is 5.75 Å². The summed E-state index contributed by atoms with van der Waals surface area (Å²) in [6, 6.07) is 5.19. The minimum absolute atomic E-state index is 0.184. The van der Waals surface area contributed by atoms with E-state index in [4.69, 9.17) is 21.9 Å². The van der Waals surface area contributed by atoms with E-state index in [1.54, 1.807) is 12.1 Å². The van der Waals surface area contributed by atoms with E-state index in [9.17, 15) is 4.39 Å². The van der Waals surface area contributed by atoms with Gasteiger partial charge in [-0.3, -0.25) is 16.4 Å². The zero-order valence-corrected chi connectivity index (χ0v) is 18.9. The van der Waals surface area contributed by atoms with Crippen molar-refractivity contribution in [3.05, 3.63) is 24.0 Å². The van der Waals surface area contributed by atoms with E-state index >= 15 is 0 Å². The molecule has 0 radical (unpaired) electrons. The van der Waals surface area contributed by atoms with Crippen molar-refractivity contribution < 1.29 is 9.13 Å². The normalized spacial score (nSPS) is 29.6. The Morgan fingerprint density at radius 3 is 2.40 bits per heavy atom. The molecule has 2 aliphatic heterocycles. The van der Waals surface area contributed by atoms with Crippen LogP contribution >= 0.6 is 0 Å². The number of likely N-dealkylation sites (N-methyl/N-ethyl adjacent to an activating group) is 1. The molecule has 0 aliphatic carbocycles. The predicted molar refractivity (Wildman–Crippen MR) is 118 cm³/mol. The van der Waals surface area contributed by atoms with Gasteiger partial charge in [-0.05, 0) is 58.8 Å². The first-order valence-corrected chi connectivity index (χ1v) is 10.8. The molecule has 4 atom stereocenters. The van der Waals surface area contributed by atoms with E-state index in [-0.39, 0.29) is 11.3 Å². The van der Waals surface area contributed by atoms with Crippen molar-refractivity contribution in [1.82, 2.24) is 14.7 Å². The van der Waals surface area contributed by atoms with Gasteiger partial charge in [0.15, 0.2) is 11.6 Å². The van der Waals surface area contributed by atoms with Crippen molar-refractivity contribution in [2.75, 3.05) is 31.6 Å². The van der Waals surface area contributed by atoms with Crippen molar-refractivity contribution in [3.8, 4) is 5.75 Å². The van der Waals surface area contributed by atoms with Gasteiger partial charge in [0, 0.05) is 29.9 Å². The first-order valence-electron chi connectivity index (χ1n) is 10.8. The van der Waals surface area contributed by atoms with Crippen LogP contribution in [0.25, 0.3) is 0 Å². The van der Waals surface area contributed by atoms with Crippen molar-refractivity contribution in [2.24, 2.45) is 17.2 Å². The Labute approximate surface area is 179 Å². The first kappa shape index (κ1) is 23.2. The van der Waals surface area contributed by atoms with E-state index in [1.165, 1.54) is 19.6 Å². The number of nitrogens with zero attached hydrogens (tertiary/aromatic N) is 4. The maximum atomic E-state index is 14.5. The molecule has 0 spiro atoms. The molecule has 2 aliphatic rings. The van der Waals surface area contributed by atoms with Gasteiger partial charge in [0.05, 0.1) is 7.11 Å². The van der Waals surface area contributed by atoms with Crippen molar-refractivity contribution in [2.45, 2.75) is 71.0 Å². The molecular formula is C21H38FN7O. The number of anilines is 1. The van der Waals surface area contributed by atoms with Gasteiger partial charge in [-0.2, -0.15) is 0 Å². The van der Waals surface area contributed by atoms with E-state index in [2.05, 4.69) is 37.5 Å². The van der Waals surface area contributed by atoms with Crippen LogP contribution in [0.3, 0.4) is 0 Å². The van der Waals surface area contributed by atoms with Gasteiger partial charge in [-0.25, -0.2) is 14.2 Å². The quantitative estimate of drug-likeness (QED) is 0.651. The SMILES string of the molecule is CCN1CCCC1CN1C(N)N(c2ccc(OC)c(F)c2)C(N)N(C(C)(C)C)C1N. The summed E-state index contributed by atoms with van der Waals surface area (Å²) in [6.07, 6.45) is 0.647. The summed E-state index contributed by atoms with van der Waals surface area (Å²) in [5.41, 5.74) is 20.4. The van der Waals surface area contributed by atoms with Crippen LogP contribution in [0.2, 0.25) is 0 Å². The summed E-state index contributed by atoms with van der Waals surface area (Å²) < 4.78 is 19.6. The molecule has 0 saturated carbocycles. The zero-order valence-electron chi connectivity index (χ0n) is 18.9. The molecule has 2 fully saturated rings. The molecule has 8 nitrogen and oxygen atoms in total. The maximum Gasteiger partial charge on any atom is 0.167 e. The summed E-state index contributed by atoms with van der Waals surface area (Å²) >= 11 is 0. The fraction of sp³-hybridized carbons (Fsp3) is 0.714. The van der Waals surface area contributed by atoms with Crippen LogP contribution in [0.1, 0.15) is 40.5 Å². The number of hydrogen-bond acceptors (Lipinski definition) is 8. The molecule has 2 saturated heterocycles. The number of hydrogen-bond donors (Lipinski definition) is 3. The molecule has 4 unspecified atom stereocenters. The second-order valence-corrected chi connectivity index (χ2v) is 9.17. The minimum Gasteiger partial charge on any atom is -0.494 e. The lowest BCUT2D eigenvalue weighted by molar-refractivity contribution is -0.108. The first-order chi connectivity index (χ1) is 14.1. The van der Waals surface area contributed by atoms with E-state index in [0.717, 1.165) is 26.1 Å². The molecule has 1 aromatic carbocycles. The van der Waals surface area contributed by atoms with E-state index in [1.807, 2.05) is 9.80 Å². The van der Waals surface area contributed by atoms with Gasteiger partial charge in [-0.15, -0.1) is 0 Å². The highest BCUT2D eigenvalue weighted by atomic mass is 19.1. The Bertz CT molecular complexity index is 728. The number of rotatable bonds is 5. The Kier molecular flexibility index (Phi) is 6.91. The summed E-state index contributed by atoms with van der Waals surface area (Å²) in [5, 5.41) is 0. The largest absolute Gasteiger partial charge is 0.494 e. The molecule has 170 valence electrons. The number of likely N-dealkylation sites (tertiary alicyclic amines) is 1. The standard InChI is InChI=1S/C21H38FN7O/c1-6-26-11-7-8-15(26)13-27-18(23)28(14-9-10-17(30-5)16(22)12-14)20(25)29(19(27)24)21(2,3)4/h9-10,12,15,18-20H,6-8,11,13,23-25H2,1-5H3. The van der Waals surface area contributed by atoms with Crippen LogP contribution < -0.4 is 26.8 Å². The number of halogens is 1. The summed E-state index contributed by atoms with van der Waals surface area (Å²) in [6.45, 7) is 11.2. The highest BCUT2D eigenvalue weighted by Crippen LogP contribution is 2.33. The van der Waals surface area contributed by atoms with Gasteiger partial charge >= 0.3 is 0 Å². The fourth-order valence-electron chi connectivity index (χ4n) is 4.82. The van der Waals surface area contributed by atoms with Crippen LogP contribution in [0, 0.1) is 5.82 Å². The second-order valence-electron chi connectivity index (χ2n) is 9.17. The van der Waals surface area contributed by atoms with Crippen LogP contribution in [-0.2, 0) is 0 Å². The summed E-state index contributed by atoms with van der Waals surface area (Å²) in [5.74, 6) is -0.269. The third kappa shape index (κ3) is 4.28. The van der Waals surface area contributed by atoms with Gasteiger partial charge in [0.2, 0.25) is 0 Å².